The highest BCUT2D eigenvalue weighted by Crippen LogP contribution is 2.30. The molecule has 20 heavy (non-hydrogen) atoms. The topological polar surface area (TPSA) is 59.1 Å². The molecule has 0 radical (unpaired) electrons. The largest absolute Gasteiger partial charge is 0.495 e. The van der Waals surface area contributed by atoms with Crippen molar-refractivity contribution in [3.63, 3.8) is 0 Å². The third-order valence-electron chi connectivity index (χ3n) is 2.77. The zero-order chi connectivity index (χ0) is 14.5. The van der Waals surface area contributed by atoms with Gasteiger partial charge in [0.2, 0.25) is 0 Å². The third-order valence-corrected chi connectivity index (χ3v) is 3.00. The minimum atomic E-state index is 0.631. The summed E-state index contributed by atoms with van der Waals surface area (Å²) < 4.78 is 5.31. The summed E-state index contributed by atoms with van der Waals surface area (Å²) in [6.45, 7) is 2.01. The Morgan fingerprint density at radius 2 is 1.95 bits per heavy atom. The van der Waals surface area contributed by atoms with Crippen LogP contribution in [0.3, 0.4) is 0 Å². The number of aryl methyl sites for hydroxylation is 1. The lowest BCUT2D eigenvalue weighted by Gasteiger charge is -2.12. The zero-order valence-corrected chi connectivity index (χ0v) is 12.5. The molecular formula is C14H17ClN4O. The number of halogens is 1. The highest BCUT2D eigenvalue weighted by Gasteiger charge is 2.07. The van der Waals surface area contributed by atoms with Crippen molar-refractivity contribution in [1.29, 1.82) is 0 Å². The van der Waals surface area contributed by atoms with Crippen molar-refractivity contribution in [2.24, 2.45) is 0 Å². The molecule has 0 spiro atoms. The standard InChI is InChI=1S/C14H17ClN4O/c1-4-12-18-13(16-2)8-14(19-12)17-10-7-9(15)5-6-11(10)20-3/h5-8H,4H2,1-3H3,(H2,16,17,18,19). The Bertz CT molecular complexity index is 581. The second kappa shape index (κ2) is 6.43. The van der Waals surface area contributed by atoms with Gasteiger partial charge < -0.3 is 15.4 Å². The molecule has 1 heterocycles. The molecule has 0 saturated heterocycles. The molecule has 0 aliphatic rings. The number of nitrogens with one attached hydrogen (secondary N) is 2. The Hall–Kier alpha value is -2.01. The van der Waals surface area contributed by atoms with Gasteiger partial charge in [-0.3, -0.25) is 0 Å². The average Bonchev–Trinajstić information content (AvgIpc) is 2.47. The van der Waals surface area contributed by atoms with Crippen LogP contribution in [0.2, 0.25) is 5.02 Å². The normalized spacial score (nSPS) is 10.2. The van der Waals surface area contributed by atoms with Crippen LogP contribution in [-0.2, 0) is 6.42 Å². The maximum absolute atomic E-state index is 6.02. The summed E-state index contributed by atoms with van der Waals surface area (Å²) in [4.78, 5) is 8.79. The summed E-state index contributed by atoms with van der Waals surface area (Å²) in [7, 11) is 3.44. The fraction of sp³-hybridized carbons (Fsp3) is 0.286. The molecule has 0 aliphatic heterocycles. The van der Waals surface area contributed by atoms with E-state index in [-0.39, 0.29) is 0 Å². The Labute approximate surface area is 123 Å². The Balaban J connectivity index is 2.36. The van der Waals surface area contributed by atoms with Crippen molar-refractivity contribution in [2.75, 3.05) is 24.8 Å². The first-order valence-electron chi connectivity index (χ1n) is 6.32. The minimum Gasteiger partial charge on any atom is -0.495 e. The summed E-state index contributed by atoms with van der Waals surface area (Å²) >= 11 is 6.02. The first-order chi connectivity index (χ1) is 9.66. The molecular weight excluding hydrogens is 276 g/mol. The molecule has 106 valence electrons. The van der Waals surface area contributed by atoms with Crippen LogP contribution < -0.4 is 15.4 Å². The predicted molar refractivity (Wildman–Crippen MR) is 82.2 cm³/mol. The van der Waals surface area contributed by atoms with Gasteiger partial charge in [0.15, 0.2) is 0 Å². The van der Waals surface area contributed by atoms with E-state index in [0.717, 1.165) is 23.8 Å². The van der Waals surface area contributed by atoms with Crippen LogP contribution in [0, 0.1) is 0 Å². The van der Waals surface area contributed by atoms with Gasteiger partial charge in [-0.1, -0.05) is 18.5 Å². The van der Waals surface area contributed by atoms with E-state index in [1.807, 2.05) is 26.1 Å². The van der Waals surface area contributed by atoms with Gasteiger partial charge in [0.05, 0.1) is 12.8 Å². The van der Waals surface area contributed by atoms with Gasteiger partial charge in [0.25, 0.3) is 0 Å². The number of aromatic nitrogens is 2. The molecule has 0 atom stereocenters. The van der Waals surface area contributed by atoms with Crippen molar-refractivity contribution < 1.29 is 4.74 Å². The molecule has 5 nitrogen and oxygen atoms in total. The van der Waals surface area contributed by atoms with E-state index < -0.39 is 0 Å². The molecule has 1 aromatic heterocycles. The van der Waals surface area contributed by atoms with Gasteiger partial charge >= 0.3 is 0 Å². The van der Waals surface area contributed by atoms with Crippen molar-refractivity contribution in [1.82, 2.24) is 9.97 Å². The monoisotopic (exact) mass is 292 g/mol. The second-order valence-corrected chi connectivity index (χ2v) is 4.56. The van der Waals surface area contributed by atoms with Crippen molar-refractivity contribution in [3.05, 3.63) is 35.1 Å². The highest BCUT2D eigenvalue weighted by molar-refractivity contribution is 6.31. The smallest absolute Gasteiger partial charge is 0.142 e. The lowest BCUT2D eigenvalue weighted by molar-refractivity contribution is 0.417. The first-order valence-corrected chi connectivity index (χ1v) is 6.70. The Kier molecular flexibility index (Phi) is 4.63. The SMILES string of the molecule is CCc1nc(NC)cc(Nc2cc(Cl)ccc2OC)n1. The maximum atomic E-state index is 6.02. The molecule has 2 aromatic rings. The minimum absolute atomic E-state index is 0.631. The quantitative estimate of drug-likeness (QED) is 0.883. The van der Waals surface area contributed by atoms with E-state index in [2.05, 4.69) is 20.6 Å². The fourth-order valence-electron chi connectivity index (χ4n) is 1.76. The number of hydrogen-bond acceptors (Lipinski definition) is 5. The second-order valence-electron chi connectivity index (χ2n) is 4.13. The third kappa shape index (κ3) is 3.30. The average molecular weight is 293 g/mol. The van der Waals surface area contributed by atoms with E-state index in [0.29, 0.717) is 16.6 Å². The van der Waals surface area contributed by atoms with E-state index in [1.165, 1.54) is 0 Å². The van der Waals surface area contributed by atoms with E-state index in [1.54, 1.807) is 19.2 Å². The molecule has 0 fully saturated rings. The molecule has 6 heteroatoms. The summed E-state index contributed by atoms with van der Waals surface area (Å²) in [6, 6.07) is 7.22. The lowest BCUT2D eigenvalue weighted by Crippen LogP contribution is -2.03. The number of hydrogen-bond donors (Lipinski definition) is 2. The van der Waals surface area contributed by atoms with Crippen LogP contribution in [0.25, 0.3) is 0 Å². The Morgan fingerprint density at radius 3 is 2.60 bits per heavy atom. The summed E-state index contributed by atoms with van der Waals surface area (Å²) in [5, 5.41) is 6.86. The van der Waals surface area contributed by atoms with Crippen LogP contribution >= 0.6 is 11.6 Å². The molecule has 0 saturated carbocycles. The zero-order valence-electron chi connectivity index (χ0n) is 11.7. The first kappa shape index (κ1) is 14.4. The van der Waals surface area contributed by atoms with E-state index >= 15 is 0 Å². The molecule has 2 rings (SSSR count). The van der Waals surface area contributed by atoms with E-state index in [4.69, 9.17) is 16.3 Å². The lowest BCUT2D eigenvalue weighted by atomic mass is 10.3. The number of methoxy groups -OCH3 is 1. The summed E-state index contributed by atoms with van der Waals surface area (Å²) in [5.74, 6) is 2.93. The number of ether oxygens (including phenoxy) is 1. The molecule has 0 unspecified atom stereocenters. The molecule has 0 bridgehead atoms. The molecule has 0 amide bonds. The van der Waals surface area contributed by atoms with Crippen molar-refractivity contribution >= 4 is 28.9 Å². The highest BCUT2D eigenvalue weighted by atomic mass is 35.5. The van der Waals surface area contributed by atoms with Gasteiger partial charge in [-0.15, -0.1) is 0 Å². The van der Waals surface area contributed by atoms with Crippen molar-refractivity contribution in [2.45, 2.75) is 13.3 Å². The van der Waals surface area contributed by atoms with Gasteiger partial charge in [0, 0.05) is 24.6 Å². The van der Waals surface area contributed by atoms with Crippen LogP contribution in [0.4, 0.5) is 17.3 Å². The Morgan fingerprint density at radius 1 is 1.20 bits per heavy atom. The van der Waals surface area contributed by atoms with E-state index in [9.17, 15) is 0 Å². The number of anilines is 3. The molecule has 2 N–H and O–H groups in total. The number of nitrogens with zero attached hydrogens (tertiary/aromatic N) is 2. The number of benzene rings is 1. The summed E-state index contributed by atoms with van der Waals surface area (Å²) in [5.41, 5.74) is 0.766. The van der Waals surface area contributed by atoms with Crippen LogP contribution in [0.15, 0.2) is 24.3 Å². The fourth-order valence-corrected chi connectivity index (χ4v) is 1.94. The van der Waals surface area contributed by atoms with Crippen LogP contribution in [0.5, 0.6) is 5.75 Å². The van der Waals surface area contributed by atoms with Crippen LogP contribution in [-0.4, -0.2) is 24.1 Å². The number of rotatable bonds is 5. The molecule has 0 aliphatic carbocycles. The van der Waals surface area contributed by atoms with Gasteiger partial charge in [-0.05, 0) is 18.2 Å². The van der Waals surface area contributed by atoms with Crippen LogP contribution in [0.1, 0.15) is 12.7 Å². The van der Waals surface area contributed by atoms with Gasteiger partial charge in [0.1, 0.15) is 23.2 Å². The van der Waals surface area contributed by atoms with Gasteiger partial charge in [-0.2, -0.15) is 0 Å². The van der Waals surface area contributed by atoms with Gasteiger partial charge in [-0.25, -0.2) is 9.97 Å². The maximum Gasteiger partial charge on any atom is 0.142 e. The van der Waals surface area contributed by atoms with Crippen molar-refractivity contribution in [3.8, 4) is 5.75 Å². The molecule has 1 aromatic carbocycles. The predicted octanol–water partition coefficient (Wildman–Crippen LogP) is 3.49. The summed E-state index contributed by atoms with van der Waals surface area (Å²) in [6.07, 6.45) is 0.761.